The van der Waals surface area contributed by atoms with Crippen molar-refractivity contribution in [1.29, 1.82) is 0 Å². The highest BCUT2D eigenvalue weighted by Gasteiger charge is 2.16. The minimum atomic E-state index is -1.49. The highest BCUT2D eigenvalue weighted by Crippen LogP contribution is 2.24. The average molecular weight is 4450 g/mol. The standard InChI is InChI=1S/C2H3Cl3O.36CHCl3/c3-2(4,5)1-6;36*2-1(3)4/h6H,1H2;36*1H. The molecule has 1 N–H and O–H groups in total. The molecular weight excluding hydrogens is 4410 g/mol. The zero-order chi connectivity index (χ0) is 134. The van der Waals surface area contributed by atoms with E-state index in [0.29, 0.717) is 0 Å². The van der Waals surface area contributed by atoms with Crippen molar-refractivity contribution in [3.8, 4) is 0 Å². The van der Waals surface area contributed by atoms with Gasteiger partial charge in [0.25, 0.3) is 0 Å². The summed E-state index contributed by atoms with van der Waals surface area (Å²) in [5.41, 5.74) is 0. The predicted octanol–water partition coefficient (Wildman–Crippen LogP) is 72.9. The van der Waals surface area contributed by atoms with E-state index in [0.717, 1.165) is 0 Å². The largest absolute Gasteiger partial charge is 0.392 e. The summed E-state index contributed by atoms with van der Waals surface area (Å²) >= 11 is 534. The lowest BCUT2D eigenvalue weighted by Gasteiger charge is -2.01. The summed E-state index contributed by atoms with van der Waals surface area (Å²) in [6.07, 6.45) is 0. The molecule has 0 atom stereocenters. The van der Waals surface area contributed by atoms with Crippen LogP contribution in [0.1, 0.15) is 0 Å². The van der Waals surface area contributed by atoms with E-state index in [4.69, 9.17) is 1290 Å². The Morgan fingerprint density at radius 1 is 0.0733 bits per heavy atom. The number of alkyl halides is 111. The number of aliphatic hydroxyl groups excluding tert-OH is 1. The summed E-state index contributed by atoms with van der Waals surface area (Å²) in [6, 6.07) is 0. The molecule has 0 bridgehead atoms. The van der Waals surface area contributed by atoms with Crippen LogP contribution in [0.2, 0.25) is 0 Å². The average Bonchev–Trinajstić information content (AvgIpc) is 1.03. The molecule has 150 heavy (non-hydrogen) atoms. The summed E-state index contributed by atoms with van der Waals surface area (Å²) < 4.78 is -28.5. The number of hydrogen-bond donors (Lipinski definition) is 1. The Morgan fingerprint density at radius 3 is 0.0800 bits per heavy atom. The molecule has 0 spiro atoms. The quantitative estimate of drug-likeness (QED) is 0.240. The van der Waals surface area contributed by atoms with Crippen molar-refractivity contribution in [2.45, 2.75) is 158 Å². The maximum absolute atomic E-state index is 8.01. The van der Waals surface area contributed by atoms with E-state index in [1.165, 1.54) is 0 Å². The third kappa shape index (κ3) is 4680. The number of hydrogen-bond acceptors (Lipinski definition) is 1. The summed E-state index contributed by atoms with van der Waals surface area (Å²) in [5.74, 6) is 0. The molecule has 0 aromatic heterocycles. The molecule has 0 aliphatic heterocycles. The molecule has 0 heterocycles. The first kappa shape index (κ1) is 284. The van der Waals surface area contributed by atoms with Gasteiger partial charge in [-0.05, 0) is 0 Å². The summed E-state index contributed by atoms with van der Waals surface area (Å²) in [5, 5.41) is 8.01. The van der Waals surface area contributed by atoms with E-state index in [-0.39, 0.29) is 0 Å². The van der Waals surface area contributed by atoms with Crippen molar-refractivity contribution in [2.75, 3.05) is 6.61 Å². The van der Waals surface area contributed by atoms with Crippen LogP contribution >= 0.6 is 1290 Å². The van der Waals surface area contributed by atoms with Crippen LogP contribution < -0.4 is 0 Å². The minimum absolute atomic E-state index is 0.433. The molecule has 0 fully saturated rings. The Labute approximate surface area is 1430 Å². The first-order chi connectivity index (χ1) is 64.9. The lowest BCUT2D eigenvalue weighted by atomic mass is 10.9. The fourth-order valence-corrected chi connectivity index (χ4v) is 0. The molecule has 0 aromatic carbocycles. The van der Waals surface area contributed by atoms with Crippen molar-refractivity contribution in [2.24, 2.45) is 0 Å². The molecule has 0 amide bonds. The molecule has 974 valence electrons. The maximum Gasteiger partial charge on any atom is 0.213 e. The summed E-state index contributed by atoms with van der Waals surface area (Å²) in [6.45, 7) is -0.433. The topological polar surface area (TPSA) is 20.2 Å². The fraction of sp³-hybridized carbons (Fsp3) is 1.00. The van der Waals surface area contributed by atoms with Gasteiger partial charge in [0.05, 0.1) is 6.61 Å². The molecule has 0 aliphatic rings. The Bertz CT molecular complexity index is 966. The van der Waals surface area contributed by atoms with Crippen molar-refractivity contribution in [3.63, 3.8) is 0 Å². The predicted molar refractivity (Wildman–Crippen MR) is 796 cm³/mol. The molecule has 0 aromatic rings. The molecule has 112 heteroatoms. The molecule has 0 saturated heterocycles. The van der Waals surface area contributed by atoms with Crippen molar-refractivity contribution in [3.05, 3.63) is 0 Å². The Balaban J connectivity index is -0.0000000250. The van der Waals surface area contributed by atoms with Crippen molar-refractivity contribution in [1.82, 2.24) is 0 Å². The van der Waals surface area contributed by atoms with Gasteiger partial charge >= 0.3 is 0 Å². The number of rotatable bonds is 0. The lowest BCUT2D eigenvalue weighted by Crippen LogP contribution is -2.06. The highest BCUT2D eigenvalue weighted by atomic mass is 35.7. The van der Waals surface area contributed by atoms with Gasteiger partial charge in [0.2, 0.25) is 3.79 Å². The van der Waals surface area contributed by atoms with Crippen LogP contribution in [0.4, 0.5) is 0 Å². The summed E-state index contributed by atoms with van der Waals surface area (Å²) in [4.78, 5) is 0. The van der Waals surface area contributed by atoms with Gasteiger partial charge in [-0.15, -0.1) is 0 Å². The van der Waals surface area contributed by atoms with Crippen LogP contribution in [-0.4, -0.2) is 170 Å². The van der Waals surface area contributed by atoms with Crippen LogP contribution in [0.3, 0.4) is 0 Å². The normalized spacial score (nSPS) is 9.12. The van der Waals surface area contributed by atoms with E-state index < -0.39 is 165 Å². The van der Waals surface area contributed by atoms with E-state index >= 15 is 0 Å². The third-order valence-electron chi connectivity index (χ3n) is 0.179. The molecule has 0 aliphatic carbocycles. The first-order valence-electron chi connectivity index (χ1n) is 24.8. The van der Waals surface area contributed by atoms with Gasteiger partial charge < -0.3 is 5.11 Å². The maximum atomic E-state index is 8.01. The summed E-state index contributed by atoms with van der Waals surface area (Å²) in [7, 11) is 0. The van der Waals surface area contributed by atoms with Gasteiger partial charge in [0.1, 0.15) is 0 Å². The van der Waals surface area contributed by atoms with Crippen LogP contribution in [-0.2, 0) is 0 Å². The van der Waals surface area contributed by atoms with Gasteiger partial charge in [-0.1, -0.05) is 1290 Å². The molecular formula is C38H39Cl111O. The minimum Gasteiger partial charge on any atom is -0.392 e. The second-order valence-electron chi connectivity index (χ2n) is 9.68. The Morgan fingerprint density at radius 2 is 0.0800 bits per heavy atom. The van der Waals surface area contributed by atoms with Gasteiger partial charge in [-0.2, -0.15) is 0 Å². The zero-order valence-electron chi connectivity index (χ0n) is 64.4. The molecule has 0 unspecified atom stereocenters. The van der Waals surface area contributed by atoms with Gasteiger partial charge in [-0.3, -0.25) is 0 Å². The van der Waals surface area contributed by atoms with Crippen molar-refractivity contribution >= 4 is 1290 Å². The number of halogens is 111. The van der Waals surface area contributed by atoms with Crippen LogP contribution in [0, 0.1) is 0 Å². The fourth-order valence-electron chi connectivity index (χ4n) is 0. The smallest absolute Gasteiger partial charge is 0.213 e. The van der Waals surface area contributed by atoms with E-state index in [9.17, 15) is 0 Å². The second kappa shape index (κ2) is 272. The van der Waals surface area contributed by atoms with E-state index in [2.05, 4.69) is 0 Å². The van der Waals surface area contributed by atoms with E-state index in [1.807, 2.05) is 0 Å². The monoisotopic (exact) mass is 4390 g/mol. The SMILES string of the molecule is ClC(Cl)Cl.ClC(Cl)Cl.ClC(Cl)Cl.ClC(Cl)Cl.ClC(Cl)Cl.ClC(Cl)Cl.ClC(Cl)Cl.ClC(Cl)Cl.ClC(Cl)Cl.ClC(Cl)Cl.ClC(Cl)Cl.ClC(Cl)Cl.ClC(Cl)Cl.ClC(Cl)Cl.ClC(Cl)Cl.ClC(Cl)Cl.ClC(Cl)Cl.ClC(Cl)Cl.ClC(Cl)Cl.ClC(Cl)Cl.ClC(Cl)Cl.ClC(Cl)Cl.ClC(Cl)Cl.ClC(Cl)Cl.ClC(Cl)Cl.ClC(Cl)Cl.ClC(Cl)Cl.ClC(Cl)Cl.ClC(Cl)Cl.ClC(Cl)Cl.ClC(Cl)Cl.ClC(Cl)Cl.ClC(Cl)Cl.ClC(Cl)Cl.ClC(Cl)Cl.ClC(Cl)Cl.OCC(Cl)(Cl)Cl. The van der Waals surface area contributed by atoms with Crippen LogP contribution in [0.5, 0.6) is 0 Å². The lowest BCUT2D eigenvalue weighted by molar-refractivity contribution is 0.303. The van der Waals surface area contributed by atoms with Gasteiger partial charge in [0, 0.05) is 0 Å². The molecule has 1 nitrogen and oxygen atoms in total. The van der Waals surface area contributed by atoms with Crippen molar-refractivity contribution < 1.29 is 5.11 Å². The zero-order valence-corrected chi connectivity index (χ0v) is 148. The third-order valence-corrected chi connectivity index (χ3v) is 0.538. The molecule has 0 radical (unpaired) electrons. The number of aliphatic hydroxyl groups is 1. The van der Waals surface area contributed by atoms with Crippen LogP contribution in [0.25, 0.3) is 0 Å². The van der Waals surface area contributed by atoms with Gasteiger partial charge in [-0.25, -0.2) is 0 Å². The second-order valence-corrected chi connectivity index (χ2v) is 83.5. The molecule has 0 rings (SSSR count). The highest BCUT2D eigenvalue weighted by molar-refractivity contribution is 6.77. The van der Waals surface area contributed by atoms with E-state index in [1.54, 1.807) is 0 Å². The Kier molecular flexibility index (Phi) is 514. The van der Waals surface area contributed by atoms with Gasteiger partial charge in [0.15, 0.2) is 155 Å². The van der Waals surface area contributed by atoms with Crippen LogP contribution in [0.15, 0.2) is 0 Å². The Hall–Kier alpha value is 32.1. The first-order valence-corrected chi connectivity index (χ1v) is 73.1. The molecule has 0 saturated carbocycles.